The van der Waals surface area contributed by atoms with Crippen LogP contribution in [-0.4, -0.2) is 20.3 Å². The van der Waals surface area contributed by atoms with Crippen molar-refractivity contribution in [3.63, 3.8) is 0 Å². The zero-order chi connectivity index (χ0) is 11.6. The molecule has 0 saturated heterocycles. The fraction of sp³-hybridized carbons (Fsp3) is 0.273. The molecule has 0 spiro atoms. The molecule has 86 valence electrons. The van der Waals surface area contributed by atoms with Crippen LogP contribution in [0.3, 0.4) is 0 Å². The van der Waals surface area contributed by atoms with Crippen LogP contribution in [0, 0.1) is 0 Å². The molecule has 2 rings (SSSR count). The first-order valence-electron chi connectivity index (χ1n) is 4.82. The van der Waals surface area contributed by atoms with Crippen molar-refractivity contribution in [3.05, 3.63) is 46.3 Å². The zero-order valence-electron chi connectivity index (χ0n) is 8.47. The molecule has 1 heterocycles. The van der Waals surface area contributed by atoms with E-state index < -0.39 is 9.84 Å². The van der Waals surface area contributed by atoms with Gasteiger partial charge in [-0.15, -0.1) is 0 Å². The van der Waals surface area contributed by atoms with Gasteiger partial charge in [0.2, 0.25) is 0 Å². The Labute approximate surface area is 99.6 Å². The first-order valence-corrected chi connectivity index (χ1v) is 6.91. The van der Waals surface area contributed by atoms with Crippen molar-refractivity contribution < 1.29 is 13.2 Å². The number of sulfone groups is 1. The molecule has 0 aromatic heterocycles. The van der Waals surface area contributed by atoms with Crippen LogP contribution in [0.4, 0.5) is 0 Å². The Morgan fingerprint density at radius 2 is 2.00 bits per heavy atom. The molecule has 0 aliphatic carbocycles. The van der Waals surface area contributed by atoms with E-state index in [1.807, 2.05) is 12.1 Å². The van der Waals surface area contributed by atoms with E-state index >= 15 is 0 Å². The van der Waals surface area contributed by atoms with Crippen LogP contribution in [0.15, 0.2) is 35.7 Å². The predicted molar refractivity (Wildman–Crippen MR) is 63.0 cm³/mol. The van der Waals surface area contributed by atoms with Crippen molar-refractivity contribution in [2.75, 3.05) is 5.75 Å². The quantitative estimate of drug-likeness (QED) is 0.835. The maximum absolute atomic E-state index is 11.1. The summed E-state index contributed by atoms with van der Waals surface area (Å²) in [6.07, 6.45) is 1.24. The first-order chi connectivity index (χ1) is 7.55. The second-order valence-electron chi connectivity index (χ2n) is 3.63. The molecule has 1 atom stereocenters. The minimum atomic E-state index is -3.03. The molecule has 1 unspecified atom stereocenters. The minimum Gasteiger partial charge on any atom is -0.368 e. The zero-order valence-corrected chi connectivity index (χ0v) is 10.0. The number of rotatable bonds is 3. The lowest BCUT2D eigenvalue weighted by Gasteiger charge is -2.08. The molecule has 3 nitrogen and oxygen atoms in total. The average Bonchev–Trinajstić information content (AvgIpc) is 2.58. The van der Waals surface area contributed by atoms with Crippen molar-refractivity contribution in [1.29, 1.82) is 0 Å². The molecule has 0 bridgehead atoms. The Bertz CT molecular complexity index is 490. The molecule has 16 heavy (non-hydrogen) atoms. The summed E-state index contributed by atoms with van der Waals surface area (Å²) in [6.45, 7) is 0.391. The summed E-state index contributed by atoms with van der Waals surface area (Å²) in [4.78, 5) is 0. The highest BCUT2D eigenvalue weighted by Gasteiger charge is 2.21. The van der Waals surface area contributed by atoms with Crippen LogP contribution in [0.25, 0.3) is 0 Å². The fourth-order valence-corrected chi connectivity index (χ4v) is 2.75. The van der Waals surface area contributed by atoms with Crippen molar-refractivity contribution >= 4 is 21.4 Å². The molecule has 5 heteroatoms. The summed E-state index contributed by atoms with van der Waals surface area (Å²) in [5.41, 5.74) is 0.974. The van der Waals surface area contributed by atoms with E-state index in [9.17, 15) is 8.42 Å². The van der Waals surface area contributed by atoms with Crippen LogP contribution < -0.4 is 0 Å². The number of halogens is 1. The van der Waals surface area contributed by atoms with Crippen LogP contribution in [-0.2, 0) is 21.2 Å². The third-order valence-electron chi connectivity index (χ3n) is 2.27. The second-order valence-corrected chi connectivity index (χ2v) is 6.00. The van der Waals surface area contributed by atoms with Gasteiger partial charge in [0.15, 0.2) is 9.84 Å². The average molecular weight is 259 g/mol. The van der Waals surface area contributed by atoms with Gasteiger partial charge < -0.3 is 4.74 Å². The standard InChI is InChI=1S/C11H11ClO3S/c12-10-3-1-9(2-4-10)7-15-11-5-6-16(13,14)8-11/h1-6,11H,7-8H2. The molecule has 0 fully saturated rings. The van der Waals surface area contributed by atoms with E-state index in [0.717, 1.165) is 5.56 Å². The summed E-state index contributed by atoms with van der Waals surface area (Å²) in [7, 11) is -3.03. The molecule has 0 radical (unpaired) electrons. The monoisotopic (exact) mass is 258 g/mol. The first kappa shape index (κ1) is 11.6. The third kappa shape index (κ3) is 3.07. The predicted octanol–water partition coefficient (Wildman–Crippen LogP) is 2.17. The molecule has 0 N–H and O–H groups in total. The lowest BCUT2D eigenvalue weighted by Crippen LogP contribution is -2.14. The molecule has 1 aliphatic heterocycles. The Morgan fingerprint density at radius 1 is 1.31 bits per heavy atom. The highest BCUT2D eigenvalue weighted by atomic mass is 35.5. The Hall–Kier alpha value is -0.840. The summed E-state index contributed by atoms with van der Waals surface area (Å²) >= 11 is 5.75. The van der Waals surface area contributed by atoms with Crippen molar-refractivity contribution in [2.45, 2.75) is 12.7 Å². The summed E-state index contributed by atoms with van der Waals surface area (Å²) < 4.78 is 27.7. The Morgan fingerprint density at radius 3 is 2.56 bits per heavy atom. The topological polar surface area (TPSA) is 43.4 Å². The number of hydrogen-bond donors (Lipinski definition) is 0. The summed E-state index contributed by atoms with van der Waals surface area (Å²) in [5, 5.41) is 1.88. The van der Waals surface area contributed by atoms with Crippen LogP contribution in [0.2, 0.25) is 5.02 Å². The van der Waals surface area contributed by atoms with Crippen LogP contribution in [0.1, 0.15) is 5.56 Å². The maximum atomic E-state index is 11.1. The second kappa shape index (κ2) is 4.57. The molecule has 1 aromatic rings. The number of hydrogen-bond acceptors (Lipinski definition) is 3. The van der Waals surface area contributed by atoms with Gasteiger partial charge in [0, 0.05) is 10.4 Å². The van der Waals surface area contributed by atoms with E-state index in [0.29, 0.717) is 11.6 Å². The molecular formula is C11H11ClO3S. The van der Waals surface area contributed by atoms with Gasteiger partial charge in [-0.2, -0.15) is 0 Å². The van der Waals surface area contributed by atoms with Gasteiger partial charge in [0.05, 0.1) is 18.5 Å². The SMILES string of the molecule is O=S1(=O)C=CC(OCc2ccc(Cl)cc2)C1. The number of benzene rings is 1. The normalized spacial score (nSPS) is 22.4. The van der Waals surface area contributed by atoms with E-state index in [2.05, 4.69) is 0 Å². The van der Waals surface area contributed by atoms with Crippen molar-refractivity contribution in [3.8, 4) is 0 Å². The largest absolute Gasteiger partial charge is 0.368 e. The number of ether oxygens (including phenoxy) is 1. The van der Waals surface area contributed by atoms with Gasteiger partial charge >= 0.3 is 0 Å². The lowest BCUT2D eigenvalue weighted by atomic mass is 10.2. The molecular weight excluding hydrogens is 248 g/mol. The van der Waals surface area contributed by atoms with Crippen molar-refractivity contribution in [1.82, 2.24) is 0 Å². The van der Waals surface area contributed by atoms with Crippen LogP contribution >= 0.6 is 11.6 Å². The Kier molecular flexibility index (Phi) is 3.33. The third-order valence-corrected chi connectivity index (χ3v) is 3.89. The van der Waals surface area contributed by atoms with E-state index in [-0.39, 0.29) is 11.9 Å². The highest BCUT2D eigenvalue weighted by molar-refractivity contribution is 7.94. The molecule has 1 aromatic carbocycles. The molecule has 1 aliphatic rings. The summed E-state index contributed by atoms with van der Waals surface area (Å²) in [6, 6.07) is 7.27. The van der Waals surface area contributed by atoms with Gasteiger partial charge in [-0.25, -0.2) is 8.42 Å². The van der Waals surface area contributed by atoms with E-state index in [1.54, 1.807) is 18.2 Å². The smallest absolute Gasteiger partial charge is 0.174 e. The Balaban J connectivity index is 1.89. The fourth-order valence-electron chi connectivity index (χ4n) is 1.43. The van der Waals surface area contributed by atoms with Crippen molar-refractivity contribution in [2.24, 2.45) is 0 Å². The minimum absolute atomic E-state index is 0.0423. The molecule has 0 saturated carbocycles. The summed E-state index contributed by atoms with van der Waals surface area (Å²) in [5.74, 6) is 0.0423. The van der Waals surface area contributed by atoms with Gasteiger partial charge in [-0.05, 0) is 23.8 Å². The van der Waals surface area contributed by atoms with Crippen LogP contribution in [0.5, 0.6) is 0 Å². The van der Waals surface area contributed by atoms with Gasteiger partial charge in [-0.3, -0.25) is 0 Å². The maximum Gasteiger partial charge on any atom is 0.174 e. The van der Waals surface area contributed by atoms with Gasteiger partial charge in [-0.1, -0.05) is 23.7 Å². The van der Waals surface area contributed by atoms with E-state index in [4.69, 9.17) is 16.3 Å². The lowest BCUT2D eigenvalue weighted by molar-refractivity contribution is 0.0876. The molecule has 0 amide bonds. The highest BCUT2D eigenvalue weighted by Crippen LogP contribution is 2.15. The van der Waals surface area contributed by atoms with Gasteiger partial charge in [0.1, 0.15) is 0 Å². The van der Waals surface area contributed by atoms with E-state index in [1.165, 1.54) is 5.41 Å². The van der Waals surface area contributed by atoms with Gasteiger partial charge in [0.25, 0.3) is 0 Å².